The number of rotatable bonds is 6. The first kappa shape index (κ1) is 16.4. The van der Waals surface area contributed by atoms with Crippen molar-refractivity contribution in [3.63, 3.8) is 0 Å². The highest BCUT2D eigenvalue weighted by Crippen LogP contribution is 2.28. The van der Waals surface area contributed by atoms with Crippen LogP contribution in [-0.2, 0) is 11.3 Å². The molecule has 2 aromatic rings. The Morgan fingerprint density at radius 1 is 1.13 bits per heavy atom. The van der Waals surface area contributed by atoms with Crippen LogP contribution in [0.3, 0.4) is 0 Å². The van der Waals surface area contributed by atoms with Crippen LogP contribution < -0.4 is 15.3 Å². The maximum absolute atomic E-state index is 11.4. The summed E-state index contributed by atoms with van der Waals surface area (Å²) in [5.41, 5.74) is 2.24. The van der Waals surface area contributed by atoms with Gasteiger partial charge in [0.15, 0.2) is 11.5 Å². The van der Waals surface area contributed by atoms with Gasteiger partial charge in [0.2, 0.25) is 0 Å². The lowest BCUT2D eigenvalue weighted by Crippen LogP contribution is -2.02. The lowest BCUT2D eigenvalue weighted by Gasteiger charge is -2.11. The fourth-order valence-electron chi connectivity index (χ4n) is 1.99. The topological polar surface area (TPSA) is 83.1 Å². The standard InChI is InChI=1S/C17H18N2O4/c1-21-16-9-13(10-19-18)5-8-15(16)23-11-12-3-6-14(7-4-12)17(20)22-2/h3-10H,11,18H2,1-2H3/b19-10-. The molecular formula is C17H18N2O4. The summed E-state index contributed by atoms with van der Waals surface area (Å²) >= 11 is 0. The van der Waals surface area contributed by atoms with Crippen LogP contribution in [0.1, 0.15) is 21.5 Å². The summed E-state index contributed by atoms with van der Waals surface area (Å²) in [5, 5.41) is 3.47. The van der Waals surface area contributed by atoms with Gasteiger partial charge in [0.1, 0.15) is 6.61 Å². The van der Waals surface area contributed by atoms with Crippen molar-refractivity contribution in [1.29, 1.82) is 0 Å². The van der Waals surface area contributed by atoms with Crippen LogP contribution in [-0.4, -0.2) is 26.4 Å². The van der Waals surface area contributed by atoms with Crippen molar-refractivity contribution in [2.45, 2.75) is 6.61 Å². The molecule has 0 aliphatic rings. The summed E-state index contributed by atoms with van der Waals surface area (Å²) < 4.78 is 15.7. The summed E-state index contributed by atoms with van der Waals surface area (Å²) in [6, 6.07) is 12.4. The van der Waals surface area contributed by atoms with E-state index in [0.717, 1.165) is 11.1 Å². The zero-order chi connectivity index (χ0) is 16.7. The predicted molar refractivity (Wildman–Crippen MR) is 86.9 cm³/mol. The molecule has 0 aliphatic carbocycles. The summed E-state index contributed by atoms with van der Waals surface area (Å²) in [6.07, 6.45) is 1.53. The van der Waals surface area contributed by atoms with Gasteiger partial charge in [-0.1, -0.05) is 12.1 Å². The van der Waals surface area contributed by atoms with Gasteiger partial charge in [-0.25, -0.2) is 4.79 Å². The highest BCUT2D eigenvalue weighted by molar-refractivity contribution is 5.89. The molecule has 0 saturated heterocycles. The van der Waals surface area contributed by atoms with Crippen LogP contribution in [0.25, 0.3) is 0 Å². The first-order valence-corrected chi connectivity index (χ1v) is 6.89. The number of methoxy groups -OCH3 is 2. The maximum atomic E-state index is 11.4. The Labute approximate surface area is 134 Å². The Morgan fingerprint density at radius 3 is 2.48 bits per heavy atom. The minimum atomic E-state index is -0.365. The number of hydrogen-bond acceptors (Lipinski definition) is 6. The van der Waals surface area contributed by atoms with Crippen molar-refractivity contribution in [3.05, 3.63) is 59.2 Å². The molecule has 23 heavy (non-hydrogen) atoms. The monoisotopic (exact) mass is 314 g/mol. The van der Waals surface area contributed by atoms with Crippen molar-refractivity contribution >= 4 is 12.2 Å². The lowest BCUT2D eigenvalue weighted by molar-refractivity contribution is 0.0600. The molecule has 0 amide bonds. The molecule has 0 heterocycles. The van der Waals surface area contributed by atoms with Crippen molar-refractivity contribution in [3.8, 4) is 11.5 Å². The van der Waals surface area contributed by atoms with E-state index in [1.165, 1.54) is 13.3 Å². The second-order valence-electron chi connectivity index (χ2n) is 4.67. The molecular weight excluding hydrogens is 296 g/mol. The zero-order valence-corrected chi connectivity index (χ0v) is 13.0. The second-order valence-corrected chi connectivity index (χ2v) is 4.67. The Morgan fingerprint density at radius 2 is 1.87 bits per heavy atom. The van der Waals surface area contributed by atoms with Crippen LogP contribution in [0.15, 0.2) is 47.6 Å². The Hall–Kier alpha value is -3.02. The van der Waals surface area contributed by atoms with Crippen molar-refractivity contribution < 1.29 is 19.0 Å². The fraction of sp³-hybridized carbons (Fsp3) is 0.176. The number of esters is 1. The quantitative estimate of drug-likeness (QED) is 0.383. The molecule has 6 heteroatoms. The summed E-state index contributed by atoms with van der Waals surface area (Å²) in [5.74, 6) is 5.97. The lowest BCUT2D eigenvalue weighted by atomic mass is 10.1. The number of hydrogen-bond donors (Lipinski definition) is 1. The zero-order valence-electron chi connectivity index (χ0n) is 13.0. The molecule has 0 radical (unpaired) electrons. The molecule has 0 spiro atoms. The van der Waals surface area contributed by atoms with Crippen molar-refractivity contribution in [2.24, 2.45) is 10.9 Å². The smallest absolute Gasteiger partial charge is 0.337 e. The second kappa shape index (κ2) is 7.84. The first-order chi connectivity index (χ1) is 11.2. The fourth-order valence-corrected chi connectivity index (χ4v) is 1.99. The normalized spacial score (nSPS) is 10.5. The van der Waals surface area contributed by atoms with E-state index in [1.54, 1.807) is 31.4 Å². The number of carbonyl (C=O) groups is 1. The van der Waals surface area contributed by atoms with Crippen LogP contribution in [0, 0.1) is 0 Å². The predicted octanol–water partition coefficient (Wildman–Crippen LogP) is 2.35. The minimum Gasteiger partial charge on any atom is -0.493 e. The van der Waals surface area contributed by atoms with Gasteiger partial charge in [-0.05, 0) is 41.5 Å². The SMILES string of the molecule is COC(=O)c1ccc(COc2ccc(/C=N\N)cc2OC)cc1. The van der Waals surface area contributed by atoms with Gasteiger partial charge in [-0.2, -0.15) is 5.10 Å². The first-order valence-electron chi connectivity index (χ1n) is 6.89. The molecule has 2 N–H and O–H groups in total. The molecule has 2 rings (SSSR count). The summed E-state index contributed by atoms with van der Waals surface area (Å²) in [6.45, 7) is 0.349. The Balaban J connectivity index is 2.07. The molecule has 0 atom stereocenters. The number of nitrogens with two attached hydrogens (primary N) is 1. The van der Waals surface area contributed by atoms with E-state index < -0.39 is 0 Å². The molecule has 0 aliphatic heterocycles. The van der Waals surface area contributed by atoms with E-state index in [0.29, 0.717) is 23.7 Å². The van der Waals surface area contributed by atoms with E-state index in [4.69, 9.17) is 15.3 Å². The van der Waals surface area contributed by atoms with Gasteiger partial charge in [-0.15, -0.1) is 0 Å². The average Bonchev–Trinajstić information content (AvgIpc) is 2.60. The minimum absolute atomic E-state index is 0.349. The van der Waals surface area contributed by atoms with E-state index in [2.05, 4.69) is 9.84 Å². The van der Waals surface area contributed by atoms with Crippen LogP contribution in [0.5, 0.6) is 11.5 Å². The van der Waals surface area contributed by atoms with Crippen LogP contribution >= 0.6 is 0 Å². The molecule has 0 unspecified atom stereocenters. The molecule has 2 aromatic carbocycles. The highest BCUT2D eigenvalue weighted by Gasteiger charge is 2.07. The number of benzene rings is 2. The van der Waals surface area contributed by atoms with E-state index in [9.17, 15) is 4.79 Å². The molecule has 6 nitrogen and oxygen atoms in total. The average molecular weight is 314 g/mol. The Kier molecular flexibility index (Phi) is 5.57. The highest BCUT2D eigenvalue weighted by atomic mass is 16.5. The number of hydrazone groups is 1. The maximum Gasteiger partial charge on any atom is 0.337 e. The van der Waals surface area contributed by atoms with E-state index in [1.807, 2.05) is 18.2 Å². The van der Waals surface area contributed by atoms with Crippen molar-refractivity contribution in [1.82, 2.24) is 0 Å². The van der Waals surface area contributed by atoms with E-state index >= 15 is 0 Å². The van der Waals surface area contributed by atoms with Gasteiger partial charge < -0.3 is 20.1 Å². The van der Waals surface area contributed by atoms with Crippen molar-refractivity contribution in [2.75, 3.05) is 14.2 Å². The largest absolute Gasteiger partial charge is 0.493 e. The summed E-state index contributed by atoms with van der Waals surface area (Å²) in [4.78, 5) is 11.4. The van der Waals surface area contributed by atoms with Gasteiger partial charge in [0, 0.05) is 0 Å². The van der Waals surface area contributed by atoms with Gasteiger partial charge in [0.25, 0.3) is 0 Å². The van der Waals surface area contributed by atoms with Crippen LogP contribution in [0.2, 0.25) is 0 Å². The van der Waals surface area contributed by atoms with Gasteiger partial charge >= 0.3 is 5.97 Å². The van der Waals surface area contributed by atoms with Crippen LogP contribution in [0.4, 0.5) is 0 Å². The molecule has 0 aromatic heterocycles. The molecule has 0 bridgehead atoms. The summed E-state index contributed by atoms with van der Waals surface area (Å²) in [7, 11) is 2.92. The van der Waals surface area contributed by atoms with E-state index in [-0.39, 0.29) is 5.97 Å². The third-order valence-corrected chi connectivity index (χ3v) is 3.18. The number of carbonyl (C=O) groups excluding carboxylic acids is 1. The Bertz CT molecular complexity index is 696. The third kappa shape index (κ3) is 4.23. The number of nitrogens with zero attached hydrogens (tertiary/aromatic N) is 1. The third-order valence-electron chi connectivity index (χ3n) is 3.18. The van der Waals surface area contributed by atoms with Gasteiger partial charge in [-0.3, -0.25) is 0 Å². The molecule has 0 saturated carbocycles. The molecule has 120 valence electrons. The number of ether oxygens (including phenoxy) is 3. The van der Waals surface area contributed by atoms with Gasteiger partial charge in [0.05, 0.1) is 26.0 Å². The molecule has 0 fully saturated rings.